The molecule has 1 atom stereocenters. The van der Waals surface area contributed by atoms with Gasteiger partial charge in [-0.05, 0) is 38.4 Å². The van der Waals surface area contributed by atoms with E-state index < -0.39 is 0 Å². The summed E-state index contributed by atoms with van der Waals surface area (Å²) >= 11 is 0. The maximum atomic E-state index is 10.3. The molecule has 1 unspecified atom stereocenters. The van der Waals surface area contributed by atoms with Gasteiger partial charge in [0, 0.05) is 30.1 Å². The van der Waals surface area contributed by atoms with Crippen molar-refractivity contribution in [1.29, 1.82) is 0 Å². The molecule has 0 saturated carbocycles. The zero-order valence-electron chi connectivity index (χ0n) is 12.7. The van der Waals surface area contributed by atoms with E-state index in [0.29, 0.717) is 17.8 Å². The standard InChI is InChI=1S/C17H21N3O2/c1-12-17(22)14(13(11-21)9-19-12)10-20-8-4-6-16(20)15-5-2-3-7-18-15/h2-3,5,7,9,16,21-22H,4,6,8,10-11H2,1H3. The Morgan fingerprint density at radius 2 is 2.18 bits per heavy atom. The number of pyridine rings is 2. The molecule has 3 heterocycles. The Kier molecular flexibility index (Phi) is 4.36. The average Bonchev–Trinajstić information content (AvgIpc) is 3.01. The normalized spacial score (nSPS) is 18.7. The molecule has 0 spiro atoms. The highest BCUT2D eigenvalue weighted by Gasteiger charge is 2.28. The van der Waals surface area contributed by atoms with Crippen molar-refractivity contribution in [3.63, 3.8) is 0 Å². The van der Waals surface area contributed by atoms with E-state index in [1.807, 2.05) is 24.4 Å². The van der Waals surface area contributed by atoms with E-state index in [9.17, 15) is 10.2 Å². The molecule has 1 aliphatic rings. The summed E-state index contributed by atoms with van der Waals surface area (Å²) in [6.45, 7) is 3.23. The zero-order chi connectivity index (χ0) is 15.5. The van der Waals surface area contributed by atoms with Crippen LogP contribution in [-0.2, 0) is 13.2 Å². The van der Waals surface area contributed by atoms with Crippen molar-refractivity contribution >= 4 is 0 Å². The fourth-order valence-electron chi connectivity index (χ4n) is 3.12. The molecule has 2 aromatic heterocycles. The van der Waals surface area contributed by atoms with E-state index in [-0.39, 0.29) is 18.4 Å². The Morgan fingerprint density at radius 1 is 1.32 bits per heavy atom. The molecule has 0 bridgehead atoms. The second-order valence-corrected chi connectivity index (χ2v) is 5.74. The highest BCUT2D eigenvalue weighted by molar-refractivity contribution is 5.40. The Labute approximate surface area is 130 Å². The molecule has 1 fully saturated rings. The number of aliphatic hydroxyl groups excluding tert-OH is 1. The quantitative estimate of drug-likeness (QED) is 0.906. The number of likely N-dealkylation sites (tertiary alicyclic amines) is 1. The Morgan fingerprint density at radius 3 is 2.91 bits per heavy atom. The van der Waals surface area contributed by atoms with Gasteiger partial charge in [-0.2, -0.15) is 0 Å². The van der Waals surface area contributed by atoms with Gasteiger partial charge in [0.15, 0.2) is 0 Å². The van der Waals surface area contributed by atoms with Crippen molar-refractivity contribution in [3.05, 3.63) is 53.1 Å². The zero-order valence-corrected chi connectivity index (χ0v) is 12.7. The van der Waals surface area contributed by atoms with Gasteiger partial charge in [-0.15, -0.1) is 0 Å². The maximum Gasteiger partial charge on any atom is 0.141 e. The van der Waals surface area contributed by atoms with Crippen molar-refractivity contribution in [2.45, 2.75) is 39.0 Å². The van der Waals surface area contributed by atoms with Crippen LogP contribution in [0.2, 0.25) is 0 Å². The van der Waals surface area contributed by atoms with Crippen LogP contribution in [0.25, 0.3) is 0 Å². The van der Waals surface area contributed by atoms with Crippen LogP contribution < -0.4 is 0 Å². The third-order valence-corrected chi connectivity index (χ3v) is 4.35. The molecule has 1 saturated heterocycles. The molecule has 22 heavy (non-hydrogen) atoms. The molecule has 5 heteroatoms. The molecule has 0 amide bonds. The molecule has 116 valence electrons. The third-order valence-electron chi connectivity index (χ3n) is 4.35. The minimum atomic E-state index is -0.113. The SMILES string of the molecule is Cc1ncc(CO)c(CN2CCCC2c2ccccn2)c1O. The molecule has 5 nitrogen and oxygen atoms in total. The average molecular weight is 299 g/mol. The summed E-state index contributed by atoms with van der Waals surface area (Å²) in [5, 5.41) is 19.8. The fraction of sp³-hybridized carbons (Fsp3) is 0.412. The third kappa shape index (κ3) is 2.82. The predicted molar refractivity (Wildman–Crippen MR) is 83.2 cm³/mol. The lowest BCUT2D eigenvalue weighted by Gasteiger charge is -2.25. The van der Waals surface area contributed by atoms with E-state index >= 15 is 0 Å². The summed E-state index contributed by atoms with van der Waals surface area (Å²) in [5.41, 5.74) is 3.13. The highest BCUT2D eigenvalue weighted by atomic mass is 16.3. The van der Waals surface area contributed by atoms with Gasteiger partial charge in [-0.3, -0.25) is 14.9 Å². The van der Waals surface area contributed by atoms with Crippen LogP contribution in [-0.4, -0.2) is 31.6 Å². The van der Waals surface area contributed by atoms with Crippen molar-refractivity contribution in [2.24, 2.45) is 0 Å². The van der Waals surface area contributed by atoms with E-state index in [1.54, 1.807) is 13.1 Å². The van der Waals surface area contributed by atoms with Crippen molar-refractivity contribution < 1.29 is 10.2 Å². The van der Waals surface area contributed by atoms with Gasteiger partial charge in [0.05, 0.1) is 24.0 Å². The molecule has 0 aromatic carbocycles. The van der Waals surface area contributed by atoms with Crippen LogP contribution in [0.4, 0.5) is 0 Å². The summed E-state index contributed by atoms with van der Waals surface area (Å²) < 4.78 is 0. The van der Waals surface area contributed by atoms with Crippen LogP contribution >= 0.6 is 0 Å². The first kappa shape index (κ1) is 14.9. The molecular formula is C17H21N3O2. The number of nitrogens with zero attached hydrogens (tertiary/aromatic N) is 3. The van der Waals surface area contributed by atoms with Gasteiger partial charge in [0.1, 0.15) is 5.75 Å². The highest BCUT2D eigenvalue weighted by Crippen LogP contribution is 2.34. The summed E-state index contributed by atoms with van der Waals surface area (Å²) in [7, 11) is 0. The Balaban J connectivity index is 1.88. The van der Waals surface area contributed by atoms with E-state index in [4.69, 9.17) is 0 Å². The maximum absolute atomic E-state index is 10.3. The molecule has 2 N–H and O–H groups in total. The Hall–Kier alpha value is -1.98. The predicted octanol–water partition coefficient (Wildman–Crippen LogP) is 2.32. The summed E-state index contributed by atoms with van der Waals surface area (Å²) in [4.78, 5) is 10.9. The topological polar surface area (TPSA) is 69.5 Å². The number of hydrogen-bond donors (Lipinski definition) is 2. The fourth-order valence-corrected chi connectivity index (χ4v) is 3.12. The van der Waals surface area contributed by atoms with Gasteiger partial charge in [-0.25, -0.2) is 0 Å². The first-order valence-electron chi connectivity index (χ1n) is 7.63. The summed E-state index contributed by atoms with van der Waals surface area (Å²) in [6.07, 6.45) is 5.64. The molecule has 3 rings (SSSR count). The lowest BCUT2D eigenvalue weighted by atomic mass is 10.1. The molecule has 0 radical (unpaired) electrons. The lowest BCUT2D eigenvalue weighted by molar-refractivity contribution is 0.234. The van der Waals surface area contributed by atoms with E-state index in [1.165, 1.54) is 0 Å². The van der Waals surface area contributed by atoms with E-state index in [2.05, 4.69) is 14.9 Å². The molecule has 2 aromatic rings. The van der Waals surface area contributed by atoms with Crippen LogP contribution in [0.3, 0.4) is 0 Å². The number of rotatable bonds is 4. The number of aromatic hydroxyl groups is 1. The van der Waals surface area contributed by atoms with Crippen molar-refractivity contribution in [1.82, 2.24) is 14.9 Å². The van der Waals surface area contributed by atoms with Gasteiger partial charge >= 0.3 is 0 Å². The Bertz CT molecular complexity index is 646. The second-order valence-electron chi connectivity index (χ2n) is 5.74. The first-order valence-corrected chi connectivity index (χ1v) is 7.63. The van der Waals surface area contributed by atoms with Crippen LogP contribution in [0, 0.1) is 6.92 Å². The van der Waals surface area contributed by atoms with Gasteiger partial charge < -0.3 is 10.2 Å². The molecule has 0 aliphatic carbocycles. The number of aryl methyl sites for hydroxylation is 1. The van der Waals surface area contributed by atoms with Crippen LogP contribution in [0.1, 0.15) is 41.4 Å². The smallest absolute Gasteiger partial charge is 0.141 e. The largest absolute Gasteiger partial charge is 0.506 e. The first-order chi connectivity index (χ1) is 10.7. The summed E-state index contributed by atoms with van der Waals surface area (Å²) in [5.74, 6) is 0.193. The minimum absolute atomic E-state index is 0.113. The van der Waals surface area contributed by atoms with Crippen molar-refractivity contribution in [2.75, 3.05) is 6.54 Å². The van der Waals surface area contributed by atoms with Gasteiger partial charge in [0.25, 0.3) is 0 Å². The monoisotopic (exact) mass is 299 g/mol. The number of aromatic nitrogens is 2. The second kappa shape index (κ2) is 6.42. The lowest BCUT2D eigenvalue weighted by Crippen LogP contribution is -2.24. The number of aliphatic hydroxyl groups is 1. The minimum Gasteiger partial charge on any atom is -0.506 e. The van der Waals surface area contributed by atoms with Crippen molar-refractivity contribution in [3.8, 4) is 5.75 Å². The van der Waals surface area contributed by atoms with Gasteiger partial charge in [0.2, 0.25) is 0 Å². The molecule has 1 aliphatic heterocycles. The number of hydrogen-bond acceptors (Lipinski definition) is 5. The van der Waals surface area contributed by atoms with Crippen LogP contribution in [0.15, 0.2) is 30.6 Å². The summed E-state index contributed by atoms with van der Waals surface area (Å²) in [6, 6.07) is 6.24. The van der Waals surface area contributed by atoms with Gasteiger partial charge in [-0.1, -0.05) is 6.07 Å². The molecular weight excluding hydrogens is 278 g/mol. The van der Waals surface area contributed by atoms with Crippen LogP contribution in [0.5, 0.6) is 5.75 Å². The van der Waals surface area contributed by atoms with E-state index in [0.717, 1.165) is 30.6 Å².